The van der Waals surface area contributed by atoms with E-state index in [0.717, 1.165) is 38.5 Å². The van der Waals surface area contributed by atoms with Crippen LogP contribution < -0.4 is 10.6 Å². The minimum atomic E-state index is -1.53. The van der Waals surface area contributed by atoms with Gasteiger partial charge in [0, 0.05) is 31.9 Å². The van der Waals surface area contributed by atoms with E-state index < -0.39 is 54.2 Å². The molecule has 1 heterocycles. The molecular weight excluding hydrogens is 921 g/mol. The Balaban J connectivity index is 2.61. The summed E-state index contributed by atoms with van der Waals surface area (Å²) in [6.45, 7) is 13.8. The molecule has 1 saturated heterocycles. The molecule has 0 aliphatic carbocycles. The smallest absolute Gasteiger partial charge is 0.220 e. The number of carbonyl (C=O) groups is 2. The Bertz CT molecular complexity index is 1290. The summed E-state index contributed by atoms with van der Waals surface area (Å²) in [6, 6.07) is -0.808. The van der Waals surface area contributed by atoms with Crippen molar-refractivity contribution in [2.45, 2.75) is 334 Å². The summed E-state index contributed by atoms with van der Waals surface area (Å²) in [5.74, 6) is -0.450. The normalized spacial score (nSPS) is 19.8. The Hall–Kier alpha value is -1.38. The molecule has 2 amide bonds. The number of hydrogen-bond acceptors (Lipinski definition) is 10. The minimum Gasteiger partial charge on any atom is -0.390 e. The number of nitrogens with one attached hydrogen (secondary N) is 2. The molecule has 0 bridgehead atoms. The van der Waals surface area contributed by atoms with Crippen LogP contribution in [0.2, 0.25) is 0 Å². The van der Waals surface area contributed by atoms with Gasteiger partial charge in [-0.15, -0.1) is 0 Å². The van der Waals surface area contributed by atoms with Gasteiger partial charge in [0.15, 0.2) is 0 Å². The number of rotatable bonds is 51. The molecule has 1 fully saturated rings. The van der Waals surface area contributed by atoms with Crippen LogP contribution in [0.5, 0.6) is 0 Å². The predicted molar refractivity (Wildman–Crippen MR) is 301 cm³/mol. The minimum absolute atomic E-state index is 0.0852. The molecule has 8 unspecified atom stereocenters. The fourth-order valence-electron chi connectivity index (χ4n) is 10.5. The molecule has 12 heteroatoms. The van der Waals surface area contributed by atoms with Gasteiger partial charge >= 0.3 is 0 Å². The summed E-state index contributed by atoms with van der Waals surface area (Å²) in [4.78, 5) is 26.5. The molecule has 12 nitrogen and oxygen atoms in total. The first-order valence-electron chi connectivity index (χ1n) is 30.8. The average Bonchev–Trinajstić information content (AvgIpc) is 3.34. The highest BCUT2D eigenvalue weighted by Crippen LogP contribution is 2.28. The third-order valence-electron chi connectivity index (χ3n) is 15.2. The van der Waals surface area contributed by atoms with Gasteiger partial charge in [-0.2, -0.15) is 0 Å². The maximum Gasteiger partial charge on any atom is 0.220 e. The van der Waals surface area contributed by atoms with Crippen LogP contribution in [0.3, 0.4) is 0 Å². The van der Waals surface area contributed by atoms with Crippen LogP contribution in [0, 0.1) is 10.8 Å². The second kappa shape index (κ2) is 44.6. The first-order chi connectivity index (χ1) is 35.1. The number of methoxy groups -OCH3 is 1. The molecule has 434 valence electrons. The standard InChI is InChI=1S/C61H120N2O10/c1-8-10-12-14-16-18-20-22-23-24-25-26-27-28-29-30-32-34-36-38-40-42-54(65)63-50(56(67)51(64)41-39-37-35-33-31-21-19-17-15-13-11-9-2)43-44-52-57(68)59(70)58(69)53(73-52)46-62-55(66)45-60(3,4)48-72-49-61(5,6)47-71-7/h50-53,56-59,64,67-70H,8-49H2,1-7H3,(H,62,66)(H,63,65). The van der Waals surface area contributed by atoms with Crippen LogP contribution in [0.1, 0.15) is 286 Å². The molecular formula is C61H120N2O10. The molecule has 73 heavy (non-hydrogen) atoms. The number of carbonyl (C=O) groups excluding carboxylic acids is 2. The maximum absolute atomic E-state index is 13.4. The number of aliphatic hydroxyl groups excluding tert-OH is 5. The molecule has 0 aromatic rings. The highest BCUT2D eigenvalue weighted by molar-refractivity contribution is 5.76. The second-order valence-corrected chi connectivity index (χ2v) is 24.2. The quantitative estimate of drug-likeness (QED) is 0.0289. The molecule has 1 rings (SSSR count). The Morgan fingerprint density at radius 3 is 1.34 bits per heavy atom. The van der Waals surface area contributed by atoms with Crippen LogP contribution in [0.15, 0.2) is 0 Å². The molecule has 7 N–H and O–H groups in total. The van der Waals surface area contributed by atoms with Gasteiger partial charge < -0.3 is 50.4 Å². The molecule has 0 aromatic carbocycles. The summed E-state index contributed by atoms with van der Waals surface area (Å²) in [6.07, 6.45) is 34.1. The third-order valence-corrected chi connectivity index (χ3v) is 15.2. The van der Waals surface area contributed by atoms with Crippen molar-refractivity contribution in [3.63, 3.8) is 0 Å². The zero-order chi connectivity index (χ0) is 54.0. The van der Waals surface area contributed by atoms with E-state index in [1.54, 1.807) is 7.11 Å². The number of hydrogen-bond donors (Lipinski definition) is 7. The van der Waals surface area contributed by atoms with Gasteiger partial charge in [0.25, 0.3) is 0 Å². The molecule has 0 aromatic heterocycles. The van der Waals surface area contributed by atoms with Crippen molar-refractivity contribution in [2.75, 3.05) is 33.5 Å². The van der Waals surface area contributed by atoms with Gasteiger partial charge in [-0.3, -0.25) is 9.59 Å². The summed E-state index contributed by atoms with van der Waals surface area (Å²) in [7, 11) is 1.66. The van der Waals surface area contributed by atoms with Gasteiger partial charge in [0.2, 0.25) is 11.8 Å². The van der Waals surface area contributed by atoms with Gasteiger partial charge in [0.05, 0.1) is 44.2 Å². The highest BCUT2D eigenvalue weighted by Gasteiger charge is 2.44. The van der Waals surface area contributed by atoms with E-state index >= 15 is 0 Å². The van der Waals surface area contributed by atoms with Crippen LogP contribution in [-0.4, -0.2) is 120 Å². The van der Waals surface area contributed by atoms with E-state index in [1.807, 2.05) is 13.8 Å². The van der Waals surface area contributed by atoms with Crippen molar-refractivity contribution >= 4 is 11.8 Å². The number of unbranched alkanes of at least 4 members (excludes halogenated alkanes) is 31. The molecule has 1 aliphatic rings. The van der Waals surface area contributed by atoms with E-state index in [2.05, 4.69) is 38.3 Å². The van der Waals surface area contributed by atoms with Gasteiger partial charge in [-0.25, -0.2) is 0 Å². The molecule has 0 saturated carbocycles. The molecule has 8 atom stereocenters. The monoisotopic (exact) mass is 1040 g/mol. The van der Waals surface area contributed by atoms with Crippen molar-refractivity contribution in [1.82, 2.24) is 10.6 Å². The van der Waals surface area contributed by atoms with Gasteiger partial charge in [-0.1, -0.05) is 247 Å². The fourth-order valence-corrected chi connectivity index (χ4v) is 10.5. The van der Waals surface area contributed by atoms with E-state index in [4.69, 9.17) is 14.2 Å². The van der Waals surface area contributed by atoms with Crippen molar-refractivity contribution in [1.29, 1.82) is 0 Å². The Kier molecular flexibility index (Phi) is 42.5. The van der Waals surface area contributed by atoms with Gasteiger partial charge in [-0.05, 0) is 31.1 Å². The molecule has 1 aliphatic heterocycles. The summed E-state index contributed by atoms with van der Waals surface area (Å²) in [5, 5.41) is 61.4. The fraction of sp³-hybridized carbons (Fsp3) is 0.967. The highest BCUT2D eigenvalue weighted by atomic mass is 16.5. The zero-order valence-corrected chi connectivity index (χ0v) is 48.6. The van der Waals surface area contributed by atoms with E-state index in [1.165, 1.54) is 173 Å². The number of aliphatic hydroxyl groups is 5. The van der Waals surface area contributed by atoms with E-state index in [0.29, 0.717) is 32.7 Å². The Morgan fingerprint density at radius 1 is 0.507 bits per heavy atom. The lowest BCUT2D eigenvalue weighted by molar-refractivity contribution is -0.222. The van der Waals surface area contributed by atoms with Crippen molar-refractivity contribution < 1.29 is 49.3 Å². The summed E-state index contributed by atoms with van der Waals surface area (Å²) in [5.41, 5.74) is -0.635. The lowest BCUT2D eigenvalue weighted by Crippen LogP contribution is -2.60. The third kappa shape index (κ3) is 37.1. The van der Waals surface area contributed by atoms with Crippen molar-refractivity contribution in [3.8, 4) is 0 Å². The predicted octanol–water partition coefficient (Wildman–Crippen LogP) is 12.7. The van der Waals surface area contributed by atoms with Crippen LogP contribution in [0.25, 0.3) is 0 Å². The molecule has 0 radical (unpaired) electrons. The Labute approximate surface area is 448 Å². The largest absolute Gasteiger partial charge is 0.390 e. The first-order valence-corrected chi connectivity index (χ1v) is 30.8. The van der Waals surface area contributed by atoms with Crippen LogP contribution in [0.4, 0.5) is 0 Å². The van der Waals surface area contributed by atoms with Crippen molar-refractivity contribution in [2.24, 2.45) is 10.8 Å². The number of amides is 2. The lowest BCUT2D eigenvalue weighted by Gasteiger charge is -2.41. The topological polar surface area (TPSA) is 187 Å². The van der Waals surface area contributed by atoms with E-state index in [-0.39, 0.29) is 43.0 Å². The Morgan fingerprint density at radius 2 is 0.904 bits per heavy atom. The SMILES string of the molecule is CCCCCCCCCCCCCCCCCCCCCCCC(=O)NC(CCC1OC(CNC(=O)CC(C)(C)COCC(C)(C)COC)C(O)C(O)C1O)C(O)C(O)CCCCCCCCCCCCCC. The van der Waals surface area contributed by atoms with Crippen LogP contribution >= 0.6 is 0 Å². The van der Waals surface area contributed by atoms with E-state index in [9.17, 15) is 35.1 Å². The summed E-state index contributed by atoms with van der Waals surface area (Å²) < 4.78 is 17.4. The second-order valence-electron chi connectivity index (χ2n) is 24.2. The molecule has 0 spiro atoms. The van der Waals surface area contributed by atoms with Gasteiger partial charge in [0.1, 0.15) is 24.4 Å². The maximum atomic E-state index is 13.4. The van der Waals surface area contributed by atoms with Crippen molar-refractivity contribution in [3.05, 3.63) is 0 Å². The first kappa shape index (κ1) is 69.6. The summed E-state index contributed by atoms with van der Waals surface area (Å²) >= 11 is 0. The number of ether oxygens (including phenoxy) is 3. The average molecular weight is 1040 g/mol. The van der Waals surface area contributed by atoms with Crippen LogP contribution in [-0.2, 0) is 23.8 Å². The lowest BCUT2D eigenvalue weighted by atomic mass is 9.89. The zero-order valence-electron chi connectivity index (χ0n) is 48.6.